The van der Waals surface area contributed by atoms with Gasteiger partial charge in [-0.2, -0.15) is 0 Å². The number of alkyl halides is 1. The number of carbonyl (C=O) groups excluding carboxylic acids is 1. The molecule has 1 amide bonds. The fourth-order valence-corrected chi connectivity index (χ4v) is 4.05. The molecule has 1 aliphatic carbocycles. The number of rotatable bonds is 11. The van der Waals surface area contributed by atoms with E-state index in [-0.39, 0.29) is 18.2 Å². The molecule has 1 heterocycles. The second-order valence-corrected chi connectivity index (χ2v) is 10.7. The third-order valence-corrected chi connectivity index (χ3v) is 6.31. The zero-order valence-electron chi connectivity index (χ0n) is 21.4. The van der Waals surface area contributed by atoms with Crippen molar-refractivity contribution in [3.8, 4) is 5.75 Å². The van der Waals surface area contributed by atoms with E-state index in [2.05, 4.69) is 41.1 Å². The summed E-state index contributed by atoms with van der Waals surface area (Å²) in [7, 11) is 3.29. The molecule has 1 aliphatic rings. The van der Waals surface area contributed by atoms with E-state index in [0.29, 0.717) is 28.4 Å². The normalized spacial score (nSPS) is 17.1. The lowest BCUT2D eigenvalue weighted by Gasteiger charge is -2.21. The van der Waals surface area contributed by atoms with E-state index < -0.39 is 24.4 Å². The van der Waals surface area contributed by atoms with Gasteiger partial charge in [0.15, 0.2) is 0 Å². The van der Waals surface area contributed by atoms with Crippen LogP contribution < -0.4 is 25.4 Å². The number of amides is 1. The lowest BCUT2D eigenvalue weighted by atomic mass is 10.2. The number of anilines is 2. The number of hydrogen-bond donors (Lipinski definition) is 3. The van der Waals surface area contributed by atoms with Crippen molar-refractivity contribution in [3.63, 3.8) is 0 Å². The predicted molar refractivity (Wildman–Crippen MR) is 140 cm³/mol. The fraction of sp³-hybridized carbons (Fsp3) is 0.520. The van der Waals surface area contributed by atoms with Crippen LogP contribution in [0.4, 0.5) is 24.8 Å². The minimum absolute atomic E-state index is 0.103. The van der Waals surface area contributed by atoms with Gasteiger partial charge >= 0.3 is 0 Å². The van der Waals surface area contributed by atoms with E-state index in [0.717, 1.165) is 30.7 Å². The summed E-state index contributed by atoms with van der Waals surface area (Å²) in [5.41, 5.74) is 6.03. The van der Waals surface area contributed by atoms with Crippen molar-refractivity contribution in [1.29, 1.82) is 0 Å². The molecule has 0 spiro atoms. The van der Waals surface area contributed by atoms with Crippen molar-refractivity contribution >= 4 is 29.5 Å². The monoisotopic (exact) mass is 527 g/mol. The van der Waals surface area contributed by atoms with Gasteiger partial charge in [0.05, 0.1) is 13.2 Å². The van der Waals surface area contributed by atoms with Gasteiger partial charge in [0.25, 0.3) is 5.91 Å². The highest BCUT2D eigenvalue weighted by Crippen LogP contribution is 2.37. The predicted octanol–water partition coefficient (Wildman–Crippen LogP) is 4.64. The fourth-order valence-electron chi connectivity index (χ4n) is 3.22. The van der Waals surface area contributed by atoms with Gasteiger partial charge in [0, 0.05) is 49.1 Å². The summed E-state index contributed by atoms with van der Waals surface area (Å²) >= 11 is 1.64. The van der Waals surface area contributed by atoms with Crippen LogP contribution in [0.5, 0.6) is 5.75 Å². The zero-order valence-corrected chi connectivity index (χ0v) is 22.2. The molecule has 1 unspecified atom stereocenters. The Labute approximate surface area is 215 Å². The summed E-state index contributed by atoms with van der Waals surface area (Å²) in [6.45, 7) is 6.73. The van der Waals surface area contributed by atoms with Crippen LogP contribution in [0.15, 0.2) is 30.3 Å². The highest BCUT2D eigenvalue weighted by molar-refractivity contribution is 8.01. The summed E-state index contributed by atoms with van der Waals surface area (Å²) in [6.07, 6.45) is 1.23. The van der Waals surface area contributed by atoms with Gasteiger partial charge in [-0.05, 0) is 42.3 Å². The Morgan fingerprint density at radius 2 is 1.89 bits per heavy atom. The number of methoxy groups -OCH3 is 1. The summed E-state index contributed by atoms with van der Waals surface area (Å²) in [5, 5.41) is 6.42. The van der Waals surface area contributed by atoms with Gasteiger partial charge in [-0.3, -0.25) is 4.79 Å². The maximum Gasteiger partial charge on any atom is 0.251 e. The minimum atomic E-state index is -0.687. The highest BCUT2D eigenvalue weighted by Gasteiger charge is 2.32. The van der Waals surface area contributed by atoms with Crippen molar-refractivity contribution in [2.75, 3.05) is 43.5 Å². The minimum Gasteiger partial charge on any atom is -0.497 e. The van der Waals surface area contributed by atoms with Crippen LogP contribution in [0.25, 0.3) is 0 Å². The van der Waals surface area contributed by atoms with E-state index in [1.807, 2.05) is 11.4 Å². The summed E-state index contributed by atoms with van der Waals surface area (Å²) in [4.78, 5) is 17.1. The maximum absolute atomic E-state index is 12.5. The van der Waals surface area contributed by atoms with Gasteiger partial charge in [0.1, 0.15) is 35.7 Å². The molecule has 0 saturated heterocycles. The molecule has 2 aromatic rings. The van der Waals surface area contributed by atoms with Crippen molar-refractivity contribution in [3.05, 3.63) is 47.5 Å². The van der Waals surface area contributed by atoms with Crippen LogP contribution in [0.1, 0.15) is 37.6 Å². The van der Waals surface area contributed by atoms with Crippen LogP contribution in [0.3, 0.4) is 0 Å². The molecule has 7 nitrogen and oxygen atoms in total. The molecule has 1 fully saturated rings. The molecule has 0 aliphatic heterocycles. The van der Waals surface area contributed by atoms with Crippen LogP contribution in [0.2, 0.25) is 0 Å². The first-order valence-electron chi connectivity index (χ1n) is 11.8. The average Bonchev–Trinajstić information content (AvgIpc) is 3.54. The molecule has 4 N–H and O–H groups in total. The SMILES string of the molecule is CC(C)SN(C)c1cc(C(=O)NCC(N)CF)cc(NC[C@H]2C[C@@H]2C)n1.COc1cc(F)cc(F)c1. The first-order valence-corrected chi connectivity index (χ1v) is 12.6. The molecule has 1 aromatic heterocycles. The van der Waals surface area contributed by atoms with Crippen molar-refractivity contribution in [2.45, 2.75) is 38.5 Å². The number of nitrogens with zero attached hydrogens (tertiary/aromatic N) is 2. The molecule has 200 valence electrons. The van der Waals surface area contributed by atoms with Crippen molar-refractivity contribution in [2.24, 2.45) is 17.6 Å². The number of ether oxygens (including phenoxy) is 1. The highest BCUT2D eigenvalue weighted by atomic mass is 32.2. The van der Waals surface area contributed by atoms with Gasteiger partial charge in [0.2, 0.25) is 0 Å². The van der Waals surface area contributed by atoms with E-state index in [4.69, 9.17) is 5.73 Å². The molecule has 0 radical (unpaired) electrons. The number of benzene rings is 1. The van der Waals surface area contributed by atoms with Gasteiger partial charge in [-0.1, -0.05) is 20.8 Å². The summed E-state index contributed by atoms with van der Waals surface area (Å²) in [6, 6.07) is 5.82. The first kappa shape index (κ1) is 29.6. The van der Waals surface area contributed by atoms with E-state index >= 15 is 0 Å². The molecule has 3 rings (SSSR count). The number of halogens is 3. The van der Waals surface area contributed by atoms with Crippen LogP contribution in [0, 0.1) is 23.5 Å². The topological polar surface area (TPSA) is 92.5 Å². The van der Waals surface area contributed by atoms with Crippen LogP contribution >= 0.6 is 11.9 Å². The largest absolute Gasteiger partial charge is 0.497 e. The number of nitrogens with two attached hydrogens (primary N) is 1. The van der Waals surface area contributed by atoms with Gasteiger partial charge in [-0.15, -0.1) is 0 Å². The van der Waals surface area contributed by atoms with E-state index in [1.165, 1.54) is 13.5 Å². The quantitative estimate of drug-likeness (QED) is 0.367. The van der Waals surface area contributed by atoms with Crippen molar-refractivity contribution in [1.82, 2.24) is 10.3 Å². The average molecular weight is 528 g/mol. The summed E-state index contributed by atoms with van der Waals surface area (Å²) in [5.74, 6) is 1.46. The molecule has 1 aromatic carbocycles. The standard InChI is InChI=1S/C18H30FN5OS.C7H6F2O/c1-11(2)26-24(4)17-7-13(18(25)22-10-15(20)8-19)6-16(23-17)21-9-14-5-12(14)3;1-10-7-3-5(8)2-6(9)4-7/h6-7,11-12,14-15H,5,8-10,20H2,1-4H3,(H,21,23)(H,22,25);2-4H,1H3/t12-,14+,15?;/m0./s1. The Morgan fingerprint density at radius 1 is 1.25 bits per heavy atom. The third kappa shape index (κ3) is 10.1. The molecular weight excluding hydrogens is 491 g/mol. The Balaban J connectivity index is 0.000000380. The lowest BCUT2D eigenvalue weighted by molar-refractivity contribution is 0.0950. The zero-order chi connectivity index (χ0) is 26.8. The number of pyridine rings is 1. The van der Waals surface area contributed by atoms with Gasteiger partial charge < -0.3 is 25.4 Å². The first-order chi connectivity index (χ1) is 17.0. The number of hydrogen-bond acceptors (Lipinski definition) is 7. The second-order valence-electron chi connectivity index (χ2n) is 9.04. The molecule has 1 saturated carbocycles. The Morgan fingerprint density at radius 3 is 2.42 bits per heavy atom. The number of carbonyl (C=O) groups is 1. The Bertz CT molecular complexity index is 978. The van der Waals surface area contributed by atoms with Gasteiger partial charge in [-0.25, -0.2) is 18.2 Å². The summed E-state index contributed by atoms with van der Waals surface area (Å²) < 4.78 is 43.6. The molecule has 11 heteroatoms. The smallest absolute Gasteiger partial charge is 0.251 e. The Hall–Kier alpha value is -2.66. The van der Waals surface area contributed by atoms with E-state index in [9.17, 15) is 18.0 Å². The number of nitrogens with one attached hydrogen (secondary N) is 2. The number of aromatic nitrogens is 1. The van der Waals surface area contributed by atoms with E-state index in [1.54, 1.807) is 24.1 Å². The van der Waals surface area contributed by atoms with Crippen LogP contribution in [-0.2, 0) is 0 Å². The van der Waals surface area contributed by atoms with Crippen molar-refractivity contribution < 1.29 is 22.7 Å². The third-order valence-electron chi connectivity index (χ3n) is 5.38. The maximum atomic E-state index is 12.5. The Kier molecular flexibility index (Phi) is 11.6. The second kappa shape index (κ2) is 14.2. The van der Waals surface area contributed by atoms with Crippen LogP contribution in [-0.4, -0.2) is 56.1 Å². The molecular formula is C25H36F3N5O2S. The molecule has 3 atom stereocenters. The lowest BCUT2D eigenvalue weighted by Crippen LogP contribution is -2.38. The molecule has 36 heavy (non-hydrogen) atoms. The molecule has 0 bridgehead atoms.